The van der Waals surface area contributed by atoms with Crippen LogP contribution in [0.25, 0.3) is 0 Å². The van der Waals surface area contributed by atoms with Crippen molar-refractivity contribution in [3.05, 3.63) is 12.4 Å². The predicted octanol–water partition coefficient (Wildman–Crippen LogP) is 3.51. The Morgan fingerprint density at radius 3 is 2.36 bits per heavy atom. The van der Waals surface area contributed by atoms with E-state index < -0.39 is 11.2 Å². The Hall–Kier alpha value is -1.41. The van der Waals surface area contributed by atoms with Crippen molar-refractivity contribution in [2.75, 3.05) is 18.6 Å². The fourth-order valence-corrected chi connectivity index (χ4v) is 2.05. The van der Waals surface area contributed by atoms with Gasteiger partial charge in [0.15, 0.2) is 0 Å². The molecule has 8 heteroatoms. The molecule has 0 bridgehead atoms. The number of anilines is 1. The molecule has 0 unspecified atom stereocenters. The topological polar surface area (TPSA) is 68.6 Å². The zero-order chi connectivity index (χ0) is 19.0. The Bertz CT molecular complexity index is 610. The van der Waals surface area contributed by atoms with Gasteiger partial charge in [0.05, 0.1) is 24.1 Å². The molecule has 1 aromatic rings. The van der Waals surface area contributed by atoms with Crippen molar-refractivity contribution in [1.82, 2.24) is 14.7 Å². The van der Waals surface area contributed by atoms with Crippen LogP contribution >= 0.6 is 12.6 Å². The monoisotopic (exact) mass is 370 g/mol. The zero-order valence-corrected chi connectivity index (χ0v) is 17.1. The van der Waals surface area contributed by atoms with Crippen LogP contribution in [0.5, 0.6) is 0 Å². The van der Waals surface area contributed by atoms with Crippen LogP contribution in [0.15, 0.2) is 12.4 Å². The predicted molar refractivity (Wildman–Crippen MR) is 101 cm³/mol. The van der Waals surface area contributed by atoms with Crippen molar-refractivity contribution in [1.29, 1.82) is 0 Å². The third-order valence-corrected chi connectivity index (χ3v) is 4.93. The van der Waals surface area contributed by atoms with E-state index in [1.807, 2.05) is 59.3 Å². The molecule has 0 spiro atoms. The highest BCUT2D eigenvalue weighted by atomic mass is 32.1. The van der Waals surface area contributed by atoms with Gasteiger partial charge in [-0.15, -0.1) is 0 Å². The highest BCUT2D eigenvalue weighted by molar-refractivity contribution is 7.81. The van der Waals surface area contributed by atoms with E-state index in [1.165, 1.54) is 0 Å². The van der Waals surface area contributed by atoms with Gasteiger partial charge in [0.2, 0.25) is 0 Å². The van der Waals surface area contributed by atoms with Crippen LogP contribution in [0.3, 0.4) is 0 Å². The number of amides is 1. The summed E-state index contributed by atoms with van der Waals surface area (Å²) < 4.78 is 6.89. The number of nitrogens with zero attached hydrogens (tertiary/aromatic N) is 3. The van der Waals surface area contributed by atoms with E-state index in [9.17, 15) is 4.79 Å². The third-order valence-electron chi connectivity index (χ3n) is 4.39. The number of ether oxygens (including phenoxy) is 1. The first-order valence-electron chi connectivity index (χ1n) is 8.47. The SMILES string of the molecule is CC(C)(C)OC(=O)N1CC(n2cc(NOC(C)(C)C(C)(C)S)cn2)C1. The molecule has 0 saturated carbocycles. The zero-order valence-electron chi connectivity index (χ0n) is 16.2. The van der Waals surface area contributed by atoms with Crippen LogP contribution < -0.4 is 5.48 Å². The maximum absolute atomic E-state index is 12.0. The van der Waals surface area contributed by atoms with Crippen molar-refractivity contribution in [3.63, 3.8) is 0 Å². The van der Waals surface area contributed by atoms with Gasteiger partial charge in [-0.2, -0.15) is 17.7 Å². The molecule has 0 aliphatic carbocycles. The van der Waals surface area contributed by atoms with E-state index in [1.54, 1.807) is 11.1 Å². The molecule has 0 radical (unpaired) electrons. The van der Waals surface area contributed by atoms with Gasteiger partial charge in [0.25, 0.3) is 0 Å². The quantitative estimate of drug-likeness (QED) is 0.613. The smallest absolute Gasteiger partial charge is 0.410 e. The molecule has 7 nitrogen and oxygen atoms in total. The lowest BCUT2D eigenvalue weighted by Gasteiger charge is -2.39. The minimum absolute atomic E-state index is 0.150. The van der Waals surface area contributed by atoms with Crippen LogP contribution in [0.4, 0.5) is 10.5 Å². The number of thiol groups is 1. The van der Waals surface area contributed by atoms with Crippen molar-refractivity contribution < 1.29 is 14.4 Å². The minimum Gasteiger partial charge on any atom is -0.444 e. The van der Waals surface area contributed by atoms with Crippen molar-refractivity contribution >= 4 is 24.4 Å². The van der Waals surface area contributed by atoms with Crippen LogP contribution in [0, 0.1) is 0 Å². The first kappa shape index (κ1) is 19.9. The Labute approximate surface area is 155 Å². The van der Waals surface area contributed by atoms with Gasteiger partial charge in [-0.25, -0.2) is 4.79 Å². The van der Waals surface area contributed by atoms with Gasteiger partial charge < -0.3 is 9.64 Å². The number of carbonyl (C=O) groups excluding carboxylic acids is 1. The van der Waals surface area contributed by atoms with Crippen LogP contribution in [0.1, 0.15) is 54.5 Å². The molecule has 142 valence electrons. The summed E-state index contributed by atoms with van der Waals surface area (Å²) in [4.78, 5) is 19.4. The van der Waals surface area contributed by atoms with Gasteiger partial charge in [-0.3, -0.25) is 15.0 Å². The molecule has 0 aromatic carbocycles. The van der Waals surface area contributed by atoms with Gasteiger partial charge >= 0.3 is 6.09 Å². The Balaban J connectivity index is 1.84. The number of nitrogens with one attached hydrogen (secondary N) is 1. The van der Waals surface area contributed by atoms with E-state index in [4.69, 9.17) is 9.57 Å². The van der Waals surface area contributed by atoms with Crippen molar-refractivity contribution in [3.8, 4) is 0 Å². The molecule has 2 heterocycles. The van der Waals surface area contributed by atoms with Crippen molar-refractivity contribution in [2.24, 2.45) is 0 Å². The molecule has 2 rings (SSSR count). The van der Waals surface area contributed by atoms with E-state index in [0.717, 1.165) is 5.69 Å². The molecule has 1 aliphatic heterocycles. The summed E-state index contributed by atoms with van der Waals surface area (Å²) in [5.41, 5.74) is 2.76. The van der Waals surface area contributed by atoms with Crippen LogP contribution in [-0.2, 0) is 9.57 Å². The maximum Gasteiger partial charge on any atom is 0.410 e. The van der Waals surface area contributed by atoms with E-state index in [-0.39, 0.29) is 16.9 Å². The Morgan fingerprint density at radius 1 is 1.24 bits per heavy atom. The fourth-order valence-electron chi connectivity index (χ4n) is 2.00. The summed E-state index contributed by atoms with van der Waals surface area (Å²) in [5.74, 6) is 0. The fraction of sp³-hybridized carbons (Fsp3) is 0.765. The number of likely N-dealkylation sites (tertiary alicyclic amines) is 1. The second kappa shape index (κ2) is 6.72. The number of hydrogen-bond acceptors (Lipinski definition) is 6. The van der Waals surface area contributed by atoms with Gasteiger partial charge in [0, 0.05) is 17.8 Å². The number of aromatic nitrogens is 2. The summed E-state index contributed by atoms with van der Waals surface area (Å²) in [7, 11) is 0. The average Bonchev–Trinajstić information content (AvgIpc) is 2.79. The van der Waals surface area contributed by atoms with E-state index >= 15 is 0 Å². The number of carbonyl (C=O) groups is 1. The lowest BCUT2D eigenvalue weighted by Crippen LogP contribution is -2.52. The molecular formula is C17H30N4O3S. The number of hydrogen-bond donors (Lipinski definition) is 2. The average molecular weight is 371 g/mol. The summed E-state index contributed by atoms with van der Waals surface area (Å²) >= 11 is 4.57. The highest BCUT2D eigenvalue weighted by Crippen LogP contribution is 2.31. The van der Waals surface area contributed by atoms with Crippen LogP contribution in [0.2, 0.25) is 0 Å². The van der Waals surface area contributed by atoms with Gasteiger partial charge in [-0.1, -0.05) is 0 Å². The second-order valence-corrected chi connectivity index (χ2v) is 9.64. The minimum atomic E-state index is -0.476. The van der Waals surface area contributed by atoms with Crippen molar-refractivity contribution in [2.45, 2.75) is 70.5 Å². The lowest BCUT2D eigenvalue weighted by atomic mass is 9.94. The first-order chi connectivity index (χ1) is 11.3. The molecule has 1 N–H and O–H groups in total. The molecule has 0 atom stereocenters. The molecule has 25 heavy (non-hydrogen) atoms. The van der Waals surface area contributed by atoms with Gasteiger partial charge in [0.1, 0.15) is 11.2 Å². The third kappa shape index (κ3) is 5.04. The largest absolute Gasteiger partial charge is 0.444 e. The molecule has 1 fully saturated rings. The Kier molecular flexibility index (Phi) is 5.35. The first-order valence-corrected chi connectivity index (χ1v) is 8.92. The van der Waals surface area contributed by atoms with Crippen LogP contribution in [-0.4, -0.2) is 49.8 Å². The molecule has 1 saturated heterocycles. The van der Waals surface area contributed by atoms with E-state index in [0.29, 0.717) is 13.1 Å². The summed E-state index contributed by atoms with van der Waals surface area (Å²) in [6.45, 7) is 14.7. The van der Waals surface area contributed by atoms with E-state index in [2.05, 4.69) is 23.2 Å². The Morgan fingerprint density at radius 2 is 1.84 bits per heavy atom. The standard InChI is InChI=1S/C17H30N4O3S/c1-15(2,3)23-14(22)20-10-13(11-20)21-9-12(8-18-21)19-24-16(4,5)17(6,7)25/h8-9,13,19,25H,10-11H2,1-7H3. The summed E-state index contributed by atoms with van der Waals surface area (Å²) in [6.07, 6.45) is 3.30. The molecule has 1 aliphatic rings. The summed E-state index contributed by atoms with van der Waals surface area (Å²) in [5, 5.41) is 4.35. The summed E-state index contributed by atoms with van der Waals surface area (Å²) in [6, 6.07) is 0.150. The second-order valence-electron chi connectivity index (χ2n) is 8.52. The maximum atomic E-state index is 12.0. The lowest BCUT2D eigenvalue weighted by molar-refractivity contribution is -0.00359. The molecule has 1 aromatic heterocycles. The number of rotatable bonds is 5. The molecular weight excluding hydrogens is 340 g/mol. The molecule has 1 amide bonds. The normalized spacial score (nSPS) is 16.6. The van der Waals surface area contributed by atoms with Gasteiger partial charge in [-0.05, 0) is 48.5 Å². The highest BCUT2D eigenvalue weighted by Gasteiger charge is 2.37.